The quantitative estimate of drug-likeness (QED) is 0.753. The summed E-state index contributed by atoms with van der Waals surface area (Å²) in [4.78, 5) is 0. The lowest BCUT2D eigenvalue weighted by atomic mass is 10.00. The summed E-state index contributed by atoms with van der Waals surface area (Å²) in [5.41, 5.74) is -0.0154. The molecule has 0 aliphatic heterocycles. The highest BCUT2D eigenvalue weighted by Crippen LogP contribution is 2.38. The molecule has 0 heterocycles. The molecule has 0 unspecified atom stereocenters. The molecule has 0 spiro atoms. The first-order valence-electron chi connectivity index (χ1n) is 5.70. The smallest absolute Gasteiger partial charge is 0.419 e. The Labute approximate surface area is 99.6 Å². The Bertz CT molecular complexity index is 369. The standard InChI is InChI=1S/C13H17F3O/c1-4-7-17-12-6-5-10(9(2)3)8-11(12)13(14,15)16/h5-6,8-9H,4,7H2,1-3H3. The van der Waals surface area contributed by atoms with Crippen molar-refractivity contribution in [2.24, 2.45) is 0 Å². The fraction of sp³-hybridized carbons (Fsp3) is 0.538. The second kappa shape index (κ2) is 5.43. The van der Waals surface area contributed by atoms with Crippen molar-refractivity contribution in [2.75, 3.05) is 6.61 Å². The topological polar surface area (TPSA) is 9.23 Å². The van der Waals surface area contributed by atoms with E-state index in [1.165, 1.54) is 12.1 Å². The lowest BCUT2D eigenvalue weighted by Crippen LogP contribution is -2.10. The predicted octanol–water partition coefficient (Wildman–Crippen LogP) is 4.62. The van der Waals surface area contributed by atoms with Gasteiger partial charge in [-0.05, 0) is 30.0 Å². The lowest BCUT2D eigenvalue weighted by Gasteiger charge is -2.16. The molecule has 96 valence electrons. The highest BCUT2D eigenvalue weighted by atomic mass is 19.4. The molecule has 0 bridgehead atoms. The maximum atomic E-state index is 12.8. The first-order valence-corrected chi connectivity index (χ1v) is 5.70. The second-order valence-corrected chi connectivity index (χ2v) is 4.26. The molecular formula is C13H17F3O. The van der Waals surface area contributed by atoms with Gasteiger partial charge in [-0.15, -0.1) is 0 Å². The highest BCUT2D eigenvalue weighted by molar-refractivity contribution is 5.40. The molecular weight excluding hydrogens is 229 g/mol. The van der Waals surface area contributed by atoms with Crippen molar-refractivity contribution in [3.63, 3.8) is 0 Å². The van der Waals surface area contributed by atoms with Crippen molar-refractivity contribution < 1.29 is 17.9 Å². The molecule has 0 aliphatic carbocycles. The van der Waals surface area contributed by atoms with E-state index < -0.39 is 11.7 Å². The Kier molecular flexibility index (Phi) is 4.43. The molecule has 1 aromatic carbocycles. The van der Waals surface area contributed by atoms with E-state index in [1.807, 2.05) is 20.8 Å². The van der Waals surface area contributed by atoms with Gasteiger partial charge in [-0.1, -0.05) is 26.8 Å². The van der Waals surface area contributed by atoms with Gasteiger partial charge in [0.2, 0.25) is 0 Å². The van der Waals surface area contributed by atoms with Crippen LogP contribution in [0.5, 0.6) is 5.75 Å². The molecule has 1 rings (SSSR count). The van der Waals surface area contributed by atoms with Gasteiger partial charge >= 0.3 is 6.18 Å². The molecule has 0 fully saturated rings. The van der Waals surface area contributed by atoms with E-state index in [-0.39, 0.29) is 11.7 Å². The molecule has 0 aliphatic rings. The number of rotatable bonds is 4. The number of halogens is 3. The molecule has 0 atom stereocenters. The van der Waals surface area contributed by atoms with E-state index in [0.29, 0.717) is 18.6 Å². The van der Waals surface area contributed by atoms with Crippen LogP contribution in [0.4, 0.5) is 13.2 Å². The van der Waals surface area contributed by atoms with Gasteiger partial charge in [-0.2, -0.15) is 13.2 Å². The molecule has 0 saturated carbocycles. The highest BCUT2D eigenvalue weighted by Gasteiger charge is 2.34. The number of hydrogen-bond acceptors (Lipinski definition) is 1. The molecule has 0 radical (unpaired) electrons. The van der Waals surface area contributed by atoms with Crippen molar-refractivity contribution in [1.82, 2.24) is 0 Å². The van der Waals surface area contributed by atoms with Crippen LogP contribution in [0.2, 0.25) is 0 Å². The van der Waals surface area contributed by atoms with Crippen molar-refractivity contribution in [2.45, 2.75) is 39.3 Å². The summed E-state index contributed by atoms with van der Waals surface area (Å²) >= 11 is 0. The van der Waals surface area contributed by atoms with Crippen LogP contribution < -0.4 is 4.74 Å². The van der Waals surface area contributed by atoms with Crippen molar-refractivity contribution in [3.05, 3.63) is 29.3 Å². The van der Waals surface area contributed by atoms with Gasteiger partial charge in [0.25, 0.3) is 0 Å². The minimum Gasteiger partial charge on any atom is -0.493 e. The van der Waals surface area contributed by atoms with Crippen molar-refractivity contribution in [1.29, 1.82) is 0 Å². The van der Waals surface area contributed by atoms with Crippen LogP contribution in [-0.4, -0.2) is 6.61 Å². The molecule has 17 heavy (non-hydrogen) atoms. The molecule has 0 amide bonds. The van der Waals surface area contributed by atoms with Gasteiger partial charge in [0.15, 0.2) is 0 Å². The van der Waals surface area contributed by atoms with Gasteiger partial charge in [0.05, 0.1) is 12.2 Å². The summed E-state index contributed by atoms with van der Waals surface area (Å²) in [5, 5.41) is 0. The maximum absolute atomic E-state index is 12.8. The van der Waals surface area contributed by atoms with E-state index in [9.17, 15) is 13.2 Å². The monoisotopic (exact) mass is 246 g/mol. The Balaban J connectivity index is 3.13. The third kappa shape index (κ3) is 3.65. The van der Waals surface area contributed by atoms with Gasteiger partial charge in [-0.25, -0.2) is 0 Å². The zero-order chi connectivity index (χ0) is 13.1. The Hall–Kier alpha value is -1.19. The van der Waals surface area contributed by atoms with E-state index >= 15 is 0 Å². The van der Waals surface area contributed by atoms with Crippen molar-refractivity contribution in [3.8, 4) is 5.75 Å². The van der Waals surface area contributed by atoms with Crippen LogP contribution >= 0.6 is 0 Å². The first-order chi connectivity index (χ1) is 7.86. The van der Waals surface area contributed by atoms with Crippen LogP contribution in [0.3, 0.4) is 0 Å². The number of hydrogen-bond donors (Lipinski definition) is 0. The maximum Gasteiger partial charge on any atom is 0.419 e. The Morgan fingerprint density at radius 2 is 1.88 bits per heavy atom. The van der Waals surface area contributed by atoms with Crippen LogP contribution in [0, 0.1) is 0 Å². The van der Waals surface area contributed by atoms with Crippen LogP contribution in [0.25, 0.3) is 0 Å². The van der Waals surface area contributed by atoms with Crippen LogP contribution in [0.1, 0.15) is 44.2 Å². The van der Waals surface area contributed by atoms with Gasteiger partial charge in [0, 0.05) is 0 Å². The molecule has 4 heteroatoms. The SMILES string of the molecule is CCCOc1ccc(C(C)C)cc1C(F)(F)F. The van der Waals surface area contributed by atoms with Crippen LogP contribution in [-0.2, 0) is 6.18 Å². The van der Waals surface area contributed by atoms with Gasteiger partial charge in [-0.3, -0.25) is 0 Å². The summed E-state index contributed by atoms with van der Waals surface area (Å²) in [7, 11) is 0. The largest absolute Gasteiger partial charge is 0.493 e. The zero-order valence-corrected chi connectivity index (χ0v) is 10.3. The molecule has 1 aromatic rings. The summed E-state index contributed by atoms with van der Waals surface area (Å²) in [6.07, 6.45) is -3.68. The van der Waals surface area contributed by atoms with Crippen LogP contribution in [0.15, 0.2) is 18.2 Å². The van der Waals surface area contributed by atoms with Gasteiger partial charge < -0.3 is 4.74 Å². The number of ether oxygens (including phenoxy) is 1. The Morgan fingerprint density at radius 1 is 1.24 bits per heavy atom. The Morgan fingerprint density at radius 3 is 2.35 bits per heavy atom. The normalized spacial score (nSPS) is 11.9. The summed E-state index contributed by atoms with van der Waals surface area (Å²) in [6.45, 7) is 5.88. The van der Waals surface area contributed by atoms with Crippen molar-refractivity contribution >= 4 is 0 Å². The average molecular weight is 246 g/mol. The minimum atomic E-state index is -4.37. The molecule has 0 aromatic heterocycles. The molecule has 0 N–H and O–H groups in total. The van der Waals surface area contributed by atoms with E-state index in [0.717, 1.165) is 0 Å². The van der Waals surface area contributed by atoms with Gasteiger partial charge in [0.1, 0.15) is 5.75 Å². The summed E-state index contributed by atoms with van der Waals surface area (Å²) in [6, 6.07) is 4.27. The summed E-state index contributed by atoms with van der Waals surface area (Å²) < 4.78 is 43.6. The third-order valence-corrected chi connectivity index (χ3v) is 2.44. The average Bonchev–Trinajstić information content (AvgIpc) is 2.24. The first kappa shape index (κ1) is 13.9. The van der Waals surface area contributed by atoms with E-state index in [2.05, 4.69) is 0 Å². The second-order valence-electron chi connectivity index (χ2n) is 4.26. The number of benzene rings is 1. The minimum absolute atomic E-state index is 0.0660. The third-order valence-electron chi connectivity index (χ3n) is 2.44. The zero-order valence-electron chi connectivity index (χ0n) is 10.3. The van der Waals surface area contributed by atoms with E-state index in [4.69, 9.17) is 4.74 Å². The van der Waals surface area contributed by atoms with E-state index in [1.54, 1.807) is 6.07 Å². The molecule has 0 saturated heterocycles. The lowest BCUT2D eigenvalue weighted by molar-refractivity contribution is -0.139. The fourth-order valence-corrected chi connectivity index (χ4v) is 1.47. The predicted molar refractivity (Wildman–Crippen MR) is 61.3 cm³/mol. The number of alkyl halides is 3. The summed E-state index contributed by atoms with van der Waals surface area (Å²) in [5.74, 6) is -0.0138. The molecule has 1 nitrogen and oxygen atoms in total. The fourth-order valence-electron chi connectivity index (χ4n) is 1.47.